The van der Waals surface area contributed by atoms with Crippen LogP contribution < -0.4 is 10.6 Å². The van der Waals surface area contributed by atoms with Crippen molar-refractivity contribution >= 4 is 11.6 Å². The van der Waals surface area contributed by atoms with Gasteiger partial charge in [0.15, 0.2) is 5.76 Å². The smallest absolute Gasteiger partial charge is 0.224 e. The molecule has 7 nitrogen and oxygen atoms in total. The van der Waals surface area contributed by atoms with Crippen LogP contribution in [0.5, 0.6) is 0 Å². The molecule has 3 heterocycles. The van der Waals surface area contributed by atoms with Gasteiger partial charge in [-0.3, -0.25) is 9.69 Å². The molecule has 0 unspecified atom stereocenters. The van der Waals surface area contributed by atoms with Gasteiger partial charge in [0.25, 0.3) is 0 Å². The maximum absolute atomic E-state index is 12.5. The van der Waals surface area contributed by atoms with Gasteiger partial charge in [-0.1, -0.05) is 23.4 Å². The molecule has 156 valence electrons. The minimum Gasteiger partial charge on any atom is -0.379 e. The Bertz CT molecular complexity index is 773. The number of morpholine rings is 1. The van der Waals surface area contributed by atoms with E-state index in [0.29, 0.717) is 18.3 Å². The van der Waals surface area contributed by atoms with Gasteiger partial charge in [0.05, 0.1) is 25.5 Å². The van der Waals surface area contributed by atoms with Gasteiger partial charge in [-0.25, -0.2) is 0 Å². The molecule has 2 saturated heterocycles. The van der Waals surface area contributed by atoms with E-state index in [4.69, 9.17) is 9.26 Å². The maximum Gasteiger partial charge on any atom is 0.224 e. The first-order valence-corrected chi connectivity index (χ1v) is 10.6. The minimum absolute atomic E-state index is 0.0845. The number of anilines is 1. The van der Waals surface area contributed by atoms with Crippen molar-refractivity contribution in [3.05, 3.63) is 47.9 Å². The number of amides is 1. The summed E-state index contributed by atoms with van der Waals surface area (Å²) in [4.78, 5) is 14.8. The van der Waals surface area contributed by atoms with Crippen LogP contribution in [0.4, 0.5) is 5.69 Å². The molecule has 2 aliphatic rings. The molecule has 1 aromatic carbocycles. The van der Waals surface area contributed by atoms with Crippen molar-refractivity contribution in [1.82, 2.24) is 15.4 Å². The Kier molecular flexibility index (Phi) is 6.92. The van der Waals surface area contributed by atoms with E-state index < -0.39 is 0 Å². The fraction of sp³-hybridized carbons (Fsp3) is 0.545. The van der Waals surface area contributed by atoms with E-state index >= 15 is 0 Å². The highest BCUT2D eigenvalue weighted by molar-refractivity contribution is 5.90. The van der Waals surface area contributed by atoms with Gasteiger partial charge >= 0.3 is 0 Å². The molecule has 1 aromatic heterocycles. The Morgan fingerprint density at radius 3 is 2.86 bits per heavy atom. The third-order valence-electron chi connectivity index (χ3n) is 5.83. The lowest BCUT2D eigenvalue weighted by Crippen LogP contribution is -2.39. The maximum atomic E-state index is 12.5. The molecule has 2 atom stereocenters. The van der Waals surface area contributed by atoms with Gasteiger partial charge in [0.2, 0.25) is 5.91 Å². The van der Waals surface area contributed by atoms with Crippen molar-refractivity contribution in [3.8, 4) is 0 Å². The number of benzene rings is 1. The molecule has 29 heavy (non-hydrogen) atoms. The van der Waals surface area contributed by atoms with Crippen LogP contribution >= 0.6 is 0 Å². The van der Waals surface area contributed by atoms with E-state index in [-0.39, 0.29) is 5.91 Å². The fourth-order valence-electron chi connectivity index (χ4n) is 4.23. The number of piperidine rings is 1. The normalized spacial score (nSPS) is 23.0. The predicted molar refractivity (Wildman–Crippen MR) is 110 cm³/mol. The van der Waals surface area contributed by atoms with E-state index in [1.165, 1.54) is 0 Å². The lowest BCUT2D eigenvalue weighted by atomic mass is 9.81. The fourth-order valence-corrected chi connectivity index (χ4v) is 4.23. The standard InChI is InChI=1S/C22H30N4O3/c27-22(24-19-4-2-1-3-5-19)13-17-6-7-23-15-18(17)12-20-14-21(29-25-20)16-26-8-10-28-11-9-26/h1-5,14,17-18,23H,6-13,15-16H2,(H,24,27)/t17-,18+/m1/s1. The molecule has 0 bridgehead atoms. The molecular weight excluding hydrogens is 368 g/mol. The summed E-state index contributed by atoms with van der Waals surface area (Å²) in [6.45, 7) is 6.07. The van der Waals surface area contributed by atoms with Crippen LogP contribution in [-0.2, 0) is 22.5 Å². The van der Waals surface area contributed by atoms with Crippen LogP contribution in [0.15, 0.2) is 40.9 Å². The number of carbonyl (C=O) groups excluding carboxylic acids is 1. The number of para-hydroxylation sites is 1. The van der Waals surface area contributed by atoms with E-state index in [1.54, 1.807) is 0 Å². The molecule has 0 aliphatic carbocycles. The molecule has 0 saturated carbocycles. The summed E-state index contributed by atoms with van der Waals surface area (Å²) < 4.78 is 11.0. The Hall–Kier alpha value is -2.22. The van der Waals surface area contributed by atoms with Gasteiger partial charge in [0.1, 0.15) is 0 Å². The molecule has 2 aromatic rings. The Balaban J connectivity index is 1.31. The SMILES string of the molecule is O=C(C[C@H]1CCNC[C@@H]1Cc1cc(CN2CCOCC2)on1)Nc1ccccc1. The number of hydrogen-bond donors (Lipinski definition) is 2. The highest BCUT2D eigenvalue weighted by atomic mass is 16.5. The van der Waals surface area contributed by atoms with E-state index in [2.05, 4.69) is 26.8 Å². The van der Waals surface area contributed by atoms with Crippen LogP contribution in [0.2, 0.25) is 0 Å². The zero-order valence-corrected chi connectivity index (χ0v) is 16.8. The molecule has 2 fully saturated rings. The zero-order chi connectivity index (χ0) is 19.9. The molecule has 0 spiro atoms. The summed E-state index contributed by atoms with van der Waals surface area (Å²) in [5.41, 5.74) is 1.84. The summed E-state index contributed by atoms with van der Waals surface area (Å²) >= 11 is 0. The first-order valence-electron chi connectivity index (χ1n) is 10.6. The summed E-state index contributed by atoms with van der Waals surface area (Å²) in [7, 11) is 0. The van der Waals surface area contributed by atoms with E-state index in [9.17, 15) is 4.79 Å². The van der Waals surface area contributed by atoms with Crippen molar-refractivity contribution in [2.45, 2.75) is 25.8 Å². The highest BCUT2D eigenvalue weighted by Gasteiger charge is 2.28. The third kappa shape index (κ3) is 5.88. The summed E-state index contributed by atoms with van der Waals surface area (Å²) in [5, 5.41) is 10.8. The second kappa shape index (κ2) is 10.0. The lowest BCUT2D eigenvalue weighted by Gasteiger charge is -2.31. The second-order valence-corrected chi connectivity index (χ2v) is 8.01. The van der Waals surface area contributed by atoms with Crippen molar-refractivity contribution in [2.75, 3.05) is 44.7 Å². The number of ether oxygens (including phenoxy) is 1. The number of nitrogens with zero attached hydrogens (tertiary/aromatic N) is 2. The van der Waals surface area contributed by atoms with Crippen LogP contribution in [-0.4, -0.2) is 55.4 Å². The quantitative estimate of drug-likeness (QED) is 0.745. The number of hydrogen-bond acceptors (Lipinski definition) is 6. The van der Waals surface area contributed by atoms with Gasteiger partial charge in [-0.2, -0.15) is 0 Å². The second-order valence-electron chi connectivity index (χ2n) is 8.01. The first-order chi connectivity index (χ1) is 14.3. The van der Waals surface area contributed by atoms with Gasteiger partial charge in [0, 0.05) is 31.3 Å². The number of aromatic nitrogens is 1. The molecule has 1 amide bonds. The predicted octanol–water partition coefficient (Wildman–Crippen LogP) is 2.30. The Morgan fingerprint density at radius 2 is 2.03 bits per heavy atom. The molecule has 7 heteroatoms. The minimum atomic E-state index is 0.0845. The first kappa shape index (κ1) is 20.1. The van der Waals surface area contributed by atoms with Crippen molar-refractivity contribution < 1.29 is 14.1 Å². The van der Waals surface area contributed by atoms with E-state index in [1.807, 2.05) is 30.3 Å². The Labute approximate surface area is 171 Å². The van der Waals surface area contributed by atoms with Crippen LogP contribution in [0.3, 0.4) is 0 Å². The monoisotopic (exact) mass is 398 g/mol. The third-order valence-corrected chi connectivity index (χ3v) is 5.83. The van der Waals surface area contributed by atoms with Gasteiger partial charge in [-0.15, -0.1) is 0 Å². The average Bonchev–Trinajstić information content (AvgIpc) is 3.18. The van der Waals surface area contributed by atoms with Gasteiger partial charge in [-0.05, 0) is 49.9 Å². The van der Waals surface area contributed by atoms with Gasteiger partial charge < -0.3 is 19.9 Å². The summed E-state index contributed by atoms with van der Waals surface area (Å²) in [6.07, 6.45) is 2.38. The van der Waals surface area contributed by atoms with Crippen molar-refractivity contribution in [2.24, 2.45) is 11.8 Å². The summed E-state index contributed by atoms with van der Waals surface area (Å²) in [5.74, 6) is 1.72. The highest BCUT2D eigenvalue weighted by Crippen LogP contribution is 2.27. The summed E-state index contributed by atoms with van der Waals surface area (Å²) in [6, 6.07) is 11.7. The number of carbonyl (C=O) groups is 1. The molecule has 0 radical (unpaired) electrons. The number of rotatable bonds is 7. The molecule has 4 rings (SSSR count). The Morgan fingerprint density at radius 1 is 1.21 bits per heavy atom. The molecular formula is C22H30N4O3. The topological polar surface area (TPSA) is 79.6 Å². The molecule has 2 aliphatic heterocycles. The number of nitrogens with one attached hydrogen (secondary N) is 2. The van der Waals surface area contributed by atoms with Crippen LogP contribution in [0.25, 0.3) is 0 Å². The lowest BCUT2D eigenvalue weighted by molar-refractivity contribution is -0.117. The average molecular weight is 399 g/mol. The van der Waals surface area contributed by atoms with Crippen LogP contribution in [0, 0.1) is 11.8 Å². The van der Waals surface area contributed by atoms with Crippen molar-refractivity contribution in [3.63, 3.8) is 0 Å². The van der Waals surface area contributed by atoms with E-state index in [0.717, 1.165) is 75.9 Å². The zero-order valence-electron chi connectivity index (χ0n) is 16.8. The molecule has 2 N–H and O–H groups in total. The van der Waals surface area contributed by atoms with Crippen LogP contribution in [0.1, 0.15) is 24.3 Å². The van der Waals surface area contributed by atoms with Crippen molar-refractivity contribution in [1.29, 1.82) is 0 Å². The largest absolute Gasteiger partial charge is 0.379 e.